The number of hydrogen-bond acceptors (Lipinski definition) is 8. The summed E-state index contributed by atoms with van der Waals surface area (Å²) in [7, 11) is 1.25. The summed E-state index contributed by atoms with van der Waals surface area (Å²) < 4.78 is 42.4. The quantitative estimate of drug-likeness (QED) is 0.414. The predicted molar refractivity (Wildman–Crippen MR) is 117 cm³/mol. The van der Waals surface area contributed by atoms with Gasteiger partial charge in [-0.2, -0.15) is 13.2 Å². The number of esters is 1. The Balaban J connectivity index is 1.72. The summed E-state index contributed by atoms with van der Waals surface area (Å²) in [5.41, 5.74) is 5.37. The van der Waals surface area contributed by atoms with Gasteiger partial charge in [-0.05, 0) is 30.5 Å². The van der Waals surface area contributed by atoms with Crippen molar-refractivity contribution in [1.82, 2.24) is 19.9 Å². The molecule has 3 heterocycles. The Bertz CT molecular complexity index is 1420. The zero-order chi connectivity index (χ0) is 25.5. The maximum Gasteiger partial charge on any atom is 0.490 e. The lowest BCUT2D eigenvalue weighted by molar-refractivity contribution is -0.209. The minimum atomic E-state index is -5.29. The van der Waals surface area contributed by atoms with Gasteiger partial charge in [-0.1, -0.05) is 18.1 Å². The number of aromatic nitrogens is 3. The topological polar surface area (TPSA) is 132 Å². The molecule has 1 saturated heterocycles. The van der Waals surface area contributed by atoms with Crippen LogP contribution in [0, 0.1) is 18.8 Å². The van der Waals surface area contributed by atoms with Crippen LogP contribution in [0.4, 0.5) is 19.0 Å². The van der Waals surface area contributed by atoms with Crippen molar-refractivity contribution in [3.05, 3.63) is 47.8 Å². The molecular weight excluding hydrogens is 467 g/mol. The van der Waals surface area contributed by atoms with Crippen LogP contribution >= 0.6 is 0 Å². The highest BCUT2D eigenvalue weighted by molar-refractivity contribution is 5.93. The molecule has 9 nitrogen and oxygen atoms in total. The van der Waals surface area contributed by atoms with Gasteiger partial charge in [0, 0.05) is 29.8 Å². The summed E-state index contributed by atoms with van der Waals surface area (Å²) >= 11 is 0. The highest BCUT2D eigenvalue weighted by atomic mass is 19.4. The average Bonchev–Trinajstić information content (AvgIpc) is 3.01. The molecule has 0 radical (unpaired) electrons. The van der Waals surface area contributed by atoms with Gasteiger partial charge in [0.15, 0.2) is 11.9 Å². The number of ether oxygens (including phenoxy) is 1. The Morgan fingerprint density at radius 2 is 2.06 bits per heavy atom. The number of fused-ring (bicyclic) bond motifs is 1. The molecule has 0 bridgehead atoms. The first-order valence-corrected chi connectivity index (χ1v) is 10.2. The molecule has 3 N–H and O–H groups in total. The van der Waals surface area contributed by atoms with E-state index in [1.54, 1.807) is 37.4 Å². The zero-order valence-electron chi connectivity index (χ0n) is 18.4. The molecular formula is C23H18F3N5O4. The second-order valence-corrected chi connectivity index (χ2v) is 7.90. The molecule has 4 rings (SSSR count). The van der Waals surface area contributed by atoms with E-state index in [1.165, 1.54) is 13.2 Å². The van der Waals surface area contributed by atoms with Crippen molar-refractivity contribution in [1.29, 1.82) is 0 Å². The maximum atomic E-state index is 12.7. The number of pyridine rings is 1. The van der Waals surface area contributed by atoms with Crippen LogP contribution in [0.5, 0.6) is 0 Å². The van der Waals surface area contributed by atoms with Crippen LogP contribution in [0.25, 0.3) is 22.3 Å². The number of nitrogens with zero attached hydrogens (tertiary/aromatic N) is 4. The molecule has 12 heteroatoms. The van der Waals surface area contributed by atoms with Gasteiger partial charge in [-0.3, -0.25) is 9.78 Å². The lowest BCUT2D eigenvalue weighted by Gasteiger charge is -2.21. The molecule has 1 aliphatic rings. The Morgan fingerprint density at radius 1 is 1.31 bits per heavy atom. The molecule has 1 unspecified atom stereocenters. The molecule has 1 aliphatic heterocycles. The van der Waals surface area contributed by atoms with E-state index in [0.29, 0.717) is 27.6 Å². The summed E-state index contributed by atoms with van der Waals surface area (Å²) in [5, 5.41) is 11.5. The molecule has 1 aromatic carbocycles. The van der Waals surface area contributed by atoms with Gasteiger partial charge in [-0.15, -0.1) is 0 Å². The number of hydrogen-bond donors (Lipinski definition) is 2. The first-order chi connectivity index (χ1) is 16.4. The second-order valence-electron chi connectivity index (χ2n) is 7.90. The van der Waals surface area contributed by atoms with Gasteiger partial charge in [-0.25, -0.2) is 14.8 Å². The maximum absolute atomic E-state index is 12.7. The average molecular weight is 485 g/mol. The van der Waals surface area contributed by atoms with E-state index in [-0.39, 0.29) is 11.6 Å². The predicted octanol–water partition coefficient (Wildman–Crippen LogP) is 1.61. The summed E-state index contributed by atoms with van der Waals surface area (Å²) in [6, 6.07) is 6.62. The molecule has 2 atom stereocenters. The first-order valence-electron chi connectivity index (χ1n) is 10.2. The van der Waals surface area contributed by atoms with Crippen LogP contribution in [-0.2, 0) is 14.3 Å². The largest absolute Gasteiger partial charge is 0.490 e. The van der Waals surface area contributed by atoms with E-state index >= 15 is 0 Å². The summed E-state index contributed by atoms with van der Waals surface area (Å²) in [4.78, 5) is 37.6. The van der Waals surface area contributed by atoms with Gasteiger partial charge >= 0.3 is 12.1 Å². The van der Waals surface area contributed by atoms with Crippen LogP contribution in [0.3, 0.4) is 0 Å². The van der Waals surface area contributed by atoms with Crippen LogP contribution in [0.2, 0.25) is 0 Å². The summed E-state index contributed by atoms with van der Waals surface area (Å²) in [6.07, 6.45) is -4.02. The van der Waals surface area contributed by atoms with Crippen LogP contribution in [-0.4, -0.2) is 68.3 Å². The molecule has 3 aromatic rings. The number of nitrogen functional groups attached to an aromatic ring is 1. The SMILES string of the molecule is Cc1c(C#C[C@]2(O)C(=O)N(C)CC2OC(=O)C(F)(F)F)cccc1-c1nc(N)c2ccncc2n1. The van der Waals surface area contributed by atoms with E-state index in [9.17, 15) is 27.9 Å². The molecule has 0 saturated carbocycles. The Labute approximate surface area is 196 Å². The van der Waals surface area contributed by atoms with Gasteiger partial charge in [0.25, 0.3) is 5.91 Å². The number of benzene rings is 1. The standard InChI is InChI=1S/C23H18F3N5O4/c1-12-13(4-3-5-14(12)19-29-16-10-28-9-7-15(16)18(27)30-19)6-8-22(34)17(11-31(2)20(22)32)35-21(33)23(24,25)26/h3-5,7,9-10,17,34H,11H2,1-2H3,(H2,27,29,30)/t17?,22-/m1/s1. The smallest absolute Gasteiger partial charge is 0.449 e. The number of aliphatic hydroxyl groups is 1. The van der Waals surface area contributed by atoms with Crippen molar-refractivity contribution in [2.75, 3.05) is 19.3 Å². The number of amides is 1. The van der Waals surface area contributed by atoms with Gasteiger partial charge in [0.2, 0.25) is 5.60 Å². The van der Waals surface area contributed by atoms with E-state index in [2.05, 4.69) is 31.5 Å². The lowest BCUT2D eigenvalue weighted by Crippen LogP contribution is -2.47. The highest BCUT2D eigenvalue weighted by Gasteiger charge is 2.56. The fourth-order valence-corrected chi connectivity index (χ4v) is 3.65. The third-order valence-corrected chi connectivity index (χ3v) is 5.55. The van der Waals surface area contributed by atoms with Crippen LogP contribution < -0.4 is 5.73 Å². The molecule has 1 amide bonds. The van der Waals surface area contributed by atoms with Crippen molar-refractivity contribution in [2.24, 2.45) is 0 Å². The monoisotopic (exact) mass is 485 g/mol. The number of likely N-dealkylation sites (N-methyl/N-ethyl adjacent to an activating group) is 1. The van der Waals surface area contributed by atoms with E-state index < -0.39 is 36.3 Å². The molecule has 0 aliphatic carbocycles. The minimum absolute atomic E-state index is 0.242. The number of halogens is 3. The first kappa shape index (κ1) is 23.9. The molecule has 180 valence electrons. The third-order valence-electron chi connectivity index (χ3n) is 5.55. The van der Waals surface area contributed by atoms with E-state index in [1.807, 2.05) is 0 Å². The van der Waals surface area contributed by atoms with Crippen LogP contribution in [0.15, 0.2) is 36.7 Å². The van der Waals surface area contributed by atoms with Gasteiger partial charge in [0.05, 0.1) is 18.3 Å². The zero-order valence-corrected chi connectivity index (χ0v) is 18.4. The molecule has 35 heavy (non-hydrogen) atoms. The Kier molecular flexibility index (Phi) is 5.82. The third kappa shape index (κ3) is 4.33. The minimum Gasteiger partial charge on any atom is -0.449 e. The number of carbonyl (C=O) groups excluding carboxylic acids is 2. The lowest BCUT2D eigenvalue weighted by atomic mass is 9.97. The second kappa shape index (κ2) is 8.52. The molecule has 0 spiro atoms. The van der Waals surface area contributed by atoms with Crippen molar-refractivity contribution < 1.29 is 32.6 Å². The van der Waals surface area contributed by atoms with Crippen molar-refractivity contribution in [2.45, 2.75) is 24.8 Å². The van der Waals surface area contributed by atoms with E-state index in [0.717, 1.165) is 4.90 Å². The fraction of sp³-hybridized carbons (Fsp3) is 0.261. The van der Waals surface area contributed by atoms with Gasteiger partial charge in [0.1, 0.15) is 5.82 Å². The summed E-state index contributed by atoms with van der Waals surface area (Å²) in [5.74, 6) is 1.97. The summed E-state index contributed by atoms with van der Waals surface area (Å²) in [6.45, 7) is 1.24. The number of rotatable bonds is 2. The van der Waals surface area contributed by atoms with Crippen molar-refractivity contribution >= 4 is 28.6 Å². The highest BCUT2D eigenvalue weighted by Crippen LogP contribution is 2.29. The Morgan fingerprint density at radius 3 is 2.77 bits per heavy atom. The van der Waals surface area contributed by atoms with Crippen molar-refractivity contribution in [3.8, 4) is 23.2 Å². The number of anilines is 1. The number of likely N-dealkylation sites (tertiary alicyclic amines) is 1. The van der Waals surface area contributed by atoms with Crippen LogP contribution in [0.1, 0.15) is 11.1 Å². The number of alkyl halides is 3. The van der Waals surface area contributed by atoms with Gasteiger partial charge < -0.3 is 20.5 Å². The number of carbonyl (C=O) groups is 2. The van der Waals surface area contributed by atoms with Crippen molar-refractivity contribution in [3.63, 3.8) is 0 Å². The Hall–Kier alpha value is -4.24. The van der Waals surface area contributed by atoms with E-state index in [4.69, 9.17) is 5.73 Å². The molecule has 1 fully saturated rings. The molecule has 2 aromatic heterocycles. The number of nitrogens with two attached hydrogens (primary N) is 1. The normalized spacial score (nSPS) is 20.0. The fourth-order valence-electron chi connectivity index (χ4n) is 3.65.